The number of nitrogens with zero attached hydrogens (tertiary/aromatic N) is 2. The Hall–Kier alpha value is -1.42. The minimum Gasteiger partial charge on any atom is -0.337 e. The van der Waals surface area contributed by atoms with Crippen LogP contribution in [0, 0.1) is 5.92 Å². The van der Waals surface area contributed by atoms with Crippen LogP contribution in [0.25, 0.3) is 0 Å². The Balaban J connectivity index is 1.84. The van der Waals surface area contributed by atoms with E-state index in [4.69, 9.17) is 0 Å². The Morgan fingerprint density at radius 3 is 2.83 bits per heavy atom. The Morgan fingerprint density at radius 1 is 1.44 bits per heavy atom. The molecule has 0 radical (unpaired) electrons. The summed E-state index contributed by atoms with van der Waals surface area (Å²) in [6.45, 7) is 2.80. The van der Waals surface area contributed by atoms with E-state index in [1.165, 1.54) is 6.42 Å². The lowest BCUT2D eigenvalue weighted by Gasteiger charge is -2.31. The standard InChI is InChI=1S/C14H21N3O/c1-15-9-5-12-6-10-17(11-7-12)14(18)13-4-2-3-8-16-13/h2-4,8,12,15H,5-7,9-11H2,1H3. The number of rotatable bonds is 4. The van der Waals surface area contributed by atoms with E-state index in [1.807, 2.05) is 24.1 Å². The van der Waals surface area contributed by atoms with Crippen LogP contribution in [0.1, 0.15) is 29.8 Å². The number of piperidine rings is 1. The topological polar surface area (TPSA) is 45.2 Å². The van der Waals surface area contributed by atoms with Gasteiger partial charge in [0.25, 0.3) is 5.91 Å². The maximum absolute atomic E-state index is 12.2. The predicted octanol–water partition coefficient (Wildman–Crippen LogP) is 1.54. The molecular formula is C14H21N3O. The highest BCUT2D eigenvalue weighted by Crippen LogP contribution is 2.20. The van der Waals surface area contributed by atoms with Gasteiger partial charge >= 0.3 is 0 Å². The number of carbonyl (C=O) groups is 1. The van der Waals surface area contributed by atoms with Gasteiger partial charge in [0.15, 0.2) is 0 Å². The minimum atomic E-state index is 0.0719. The zero-order chi connectivity index (χ0) is 12.8. The highest BCUT2D eigenvalue weighted by Gasteiger charge is 2.23. The highest BCUT2D eigenvalue weighted by molar-refractivity contribution is 5.92. The molecule has 18 heavy (non-hydrogen) atoms. The molecule has 1 saturated heterocycles. The first-order valence-corrected chi connectivity index (χ1v) is 6.66. The molecule has 98 valence electrons. The van der Waals surface area contributed by atoms with Crippen LogP contribution in [-0.2, 0) is 0 Å². The summed E-state index contributed by atoms with van der Waals surface area (Å²) in [6, 6.07) is 5.48. The Bertz CT molecular complexity index is 372. The molecule has 0 unspecified atom stereocenters. The van der Waals surface area contributed by atoms with Crippen LogP contribution >= 0.6 is 0 Å². The van der Waals surface area contributed by atoms with Gasteiger partial charge in [-0.25, -0.2) is 0 Å². The van der Waals surface area contributed by atoms with Crippen molar-refractivity contribution in [2.75, 3.05) is 26.7 Å². The molecule has 1 N–H and O–H groups in total. The second-order valence-electron chi connectivity index (χ2n) is 4.84. The smallest absolute Gasteiger partial charge is 0.272 e. The third kappa shape index (κ3) is 3.29. The molecule has 4 nitrogen and oxygen atoms in total. The van der Waals surface area contributed by atoms with Crippen molar-refractivity contribution in [2.24, 2.45) is 5.92 Å². The number of nitrogens with one attached hydrogen (secondary N) is 1. The molecule has 1 aliphatic rings. The van der Waals surface area contributed by atoms with E-state index in [0.29, 0.717) is 5.69 Å². The molecule has 0 bridgehead atoms. The molecule has 0 aromatic carbocycles. The highest BCUT2D eigenvalue weighted by atomic mass is 16.2. The van der Waals surface area contributed by atoms with Gasteiger partial charge in [-0.05, 0) is 50.9 Å². The maximum atomic E-state index is 12.2. The lowest BCUT2D eigenvalue weighted by Crippen LogP contribution is -2.39. The average Bonchev–Trinajstić information content (AvgIpc) is 2.46. The fourth-order valence-electron chi connectivity index (χ4n) is 2.42. The molecule has 0 spiro atoms. The number of pyridine rings is 1. The first-order valence-electron chi connectivity index (χ1n) is 6.66. The normalized spacial score (nSPS) is 16.8. The number of amides is 1. The van der Waals surface area contributed by atoms with Gasteiger partial charge in [0.05, 0.1) is 0 Å². The molecule has 1 fully saturated rings. The van der Waals surface area contributed by atoms with Gasteiger partial charge in [-0.2, -0.15) is 0 Å². The van der Waals surface area contributed by atoms with E-state index in [-0.39, 0.29) is 5.91 Å². The molecule has 2 rings (SSSR count). The fourth-order valence-corrected chi connectivity index (χ4v) is 2.42. The molecule has 0 saturated carbocycles. The third-order valence-corrected chi connectivity index (χ3v) is 3.59. The maximum Gasteiger partial charge on any atom is 0.272 e. The molecule has 1 aromatic heterocycles. The number of likely N-dealkylation sites (tertiary alicyclic amines) is 1. The zero-order valence-corrected chi connectivity index (χ0v) is 10.9. The summed E-state index contributed by atoms with van der Waals surface area (Å²) < 4.78 is 0. The van der Waals surface area contributed by atoms with Crippen molar-refractivity contribution in [1.29, 1.82) is 0 Å². The summed E-state index contributed by atoms with van der Waals surface area (Å²) >= 11 is 0. The van der Waals surface area contributed by atoms with Gasteiger partial charge in [-0.15, -0.1) is 0 Å². The third-order valence-electron chi connectivity index (χ3n) is 3.59. The molecular weight excluding hydrogens is 226 g/mol. The number of hydrogen-bond donors (Lipinski definition) is 1. The first kappa shape index (κ1) is 13.0. The molecule has 0 atom stereocenters. The van der Waals surface area contributed by atoms with Gasteiger partial charge in [0, 0.05) is 19.3 Å². The van der Waals surface area contributed by atoms with Crippen molar-refractivity contribution >= 4 is 5.91 Å². The van der Waals surface area contributed by atoms with Crippen LogP contribution in [0.5, 0.6) is 0 Å². The van der Waals surface area contributed by atoms with E-state index in [9.17, 15) is 4.79 Å². The van der Waals surface area contributed by atoms with Crippen molar-refractivity contribution in [3.8, 4) is 0 Å². The predicted molar refractivity (Wildman–Crippen MR) is 71.4 cm³/mol. The van der Waals surface area contributed by atoms with Gasteiger partial charge in [0.1, 0.15) is 5.69 Å². The monoisotopic (exact) mass is 247 g/mol. The molecule has 1 aromatic rings. The number of carbonyl (C=O) groups excluding carboxylic acids is 1. The van der Waals surface area contributed by atoms with Crippen LogP contribution in [-0.4, -0.2) is 42.5 Å². The van der Waals surface area contributed by atoms with Gasteiger partial charge < -0.3 is 10.2 Å². The van der Waals surface area contributed by atoms with Gasteiger partial charge in [-0.1, -0.05) is 6.07 Å². The van der Waals surface area contributed by atoms with Crippen LogP contribution < -0.4 is 5.32 Å². The molecule has 1 amide bonds. The summed E-state index contributed by atoms with van der Waals surface area (Å²) in [6.07, 6.45) is 5.11. The largest absolute Gasteiger partial charge is 0.337 e. The van der Waals surface area contributed by atoms with Crippen molar-refractivity contribution in [1.82, 2.24) is 15.2 Å². The van der Waals surface area contributed by atoms with Gasteiger partial charge in [0.2, 0.25) is 0 Å². The lowest BCUT2D eigenvalue weighted by atomic mass is 9.93. The summed E-state index contributed by atoms with van der Waals surface area (Å²) in [5.41, 5.74) is 0.561. The van der Waals surface area contributed by atoms with E-state index >= 15 is 0 Å². The number of aromatic nitrogens is 1. The van der Waals surface area contributed by atoms with Crippen molar-refractivity contribution < 1.29 is 4.79 Å². The van der Waals surface area contributed by atoms with Crippen LogP contribution in [0.15, 0.2) is 24.4 Å². The Morgan fingerprint density at radius 2 is 2.22 bits per heavy atom. The summed E-state index contributed by atoms with van der Waals surface area (Å²) in [5.74, 6) is 0.827. The van der Waals surface area contributed by atoms with E-state index in [2.05, 4.69) is 10.3 Å². The van der Waals surface area contributed by atoms with Gasteiger partial charge in [-0.3, -0.25) is 9.78 Å². The Kier molecular flexibility index (Phi) is 4.70. The molecule has 0 aliphatic carbocycles. The SMILES string of the molecule is CNCCC1CCN(C(=O)c2ccccn2)CC1. The van der Waals surface area contributed by atoms with Crippen LogP contribution in [0.4, 0.5) is 0 Å². The van der Waals surface area contributed by atoms with E-state index in [1.54, 1.807) is 12.3 Å². The first-order chi connectivity index (χ1) is 8.81. The molecule has 4 heteroatoms. The second kappa shape index (κ2) is 6.50. The van der Waals surface area contributed by atoms with Crippen LogP contribution in [0.3, 0.4) is 0 Å². The second-order valence-corrected chi connectivity index (χ2v) is 4.84. The molecule has 2 heterocycles. The quantitative estimate of drug-likeness (QED) is 0.878. The van der Waals surface area contributed by atoms with Crippen molar-refractivity contribution in [2.45, 2.75) is 19.3 Å². The zero-order valence-electron chi connectivity index (χ0n) is 10.9. The summed E-state index contributed by atoms with van der Waals surface area (Å²) in [5, 5.41) is 3.18. The number of hydrogen-bond acceptors (Lipinski definition) is 3. The summed E-state index contributed by atoms with van der Waals surface area (Å²) in [7, 11) is 1.99. The summed E-state index contributed by atoms with van der Waals surface area (Å²) in [4.78, 5) is 18.2. The molecule has 1 aliphatic heterocycles. The lowest BCUT2D eigenvalue weighted by molar-refractivity contribution is 0.0681. The minimum absolute atomic E-state index is 0.0719. The van der Waals surface area contributed by atoms with Crippen molar-refractivity contribution in [3.05, 3.63) is 30.1 Å². The Labute approximate surface area is 108 Å². The van der Waals surface area contributed by atoms with E-state index < -0.39 is 0 Å². The van der Waals surface area contributed by atoms with Crippen LogP contribution in [0.2, 0.25) is 0 Å². The van der Waals surface area contributed by atoms with E-state index in [0.717, 1.165) is 38.4 Å². The average molecular weight is 247 g/mol. The fraction of sp³-hybridized carbons (Fsp3) is 0.571. The van der Waals surface area contributed by atoms with Crippen molar-refractivity contribution in [3.63, 3.8) is 0 Å².